The van der Waals surface area contributed by atoms with E-state index in [1.165, 1.54) is 0 Å². The van der Waals surface area contributed by atoms with Gasteiger partial charge in [-0.25, -0.2) is 12.6 Å². The zero-order valence-corrected chi connectivity index (χ0v) is 10.4. The molecule has 34 valence electrons. The van der Waals surface area contributed by atoms with Gasteiger partial charge in [-0.15, -0.1) is 0 Å². The van der Waals surface area contributed by atoms with E-state index in [0.29, 0.717) is 0 Å². The SMILES string of the molecule is [CH2-]ONCC.[Rf]. The molecule has 0 aliphatic carbocycles. The topological polar surface area (TPSA) is 21.3 Å². The van der Waals surface area contributed by atoms with Crippen LogP contribution in [0.5, 0.6) is 0 Å². The van der Waals surface area contributed by atoms with Gasteiger partial charge < -0.3 is 4.84 Å². The van der Waals surface area contributed by atoms with E-state index in [-0.39, 0.29) is 0 Å². The molecule has 3 heteroatoms. The Morgan fingerprint density at radius 1 is 1.83 bits per heavy atom. The van der Waals surface area contributed by atoms with E-state index in [4.69, 9.17) is 0 Å². The van der Waals surface area contributed by atoms with E-state index >= 15 is 0 Å². The molecule has 0 saturated carbocycles. The van der Waals surface area contributed by atoms with Crippen molar-refractivity contribution in [3.8, 4) is 0 Å². The molecular formula is C3H8NORf-. The summed E-state index contributed by atoms with van der Waals surface area (Å²) in [6, 6.07) is 0. The molecule has 1 N–H and O–H groups in total. The third-order valence-corrected chi connectivity index (χ3v) is 0.246. The summed E-state index contributed by atoms with van der Waals surface area (Å²) in [6.07, 6.45) is 0. The van der Waals surface area contributed by atoms with Crippen molar-refractivity contribution in [2.24, 2.45) is 0 Å². The van der Waals surface area contributed by atoms with Gasteiger partial charge in [-0.05, 0) is 0 Å². The zero-order valence-electron chi connectivity index (χ0n) is 4.03. The molecule has 0 rings (SSSR count). The number of rotatable bonds is 2. The molecule has 0 aromatic heterocycles. The monoisotopic (exact) mass is 341 g/mol. The van der Waals surface area contributed by atoms with Crippen molar-refractivity contribution in [3.05, 3.63) is 7.11 Å². The van der Waals surface area contributed by atoms with Crippen molar-refractivity contribution in [1.82, 2.24) is 5.48 Å². The number of hydroxylamine groups is 1. The standard InChI is InChI=1S/C3H8NO.Rf/c1-3-4-5-2;/h4H,2-3H2,1H3;/q-1;. The average molecular weight is 341 g/mol. The maximum absolute atomic E-state index is 4.19. The maximum atomic E-state index is 4.19. The molecule has 2 nitrogen and oxygen atoms in total. The van der Waals surface area contributed by atoms with Crippen LogP contribution in [0.2, 0.25) is 0 Å². The second-order valence-corrected chi connectivity index (χ2v) is 0.642. The van der Waals surface area contributed by atoms with Crippen molar-refractivity contribution in [2.75, 3.05) is 6.54 Å². The Balaban J connectivity index is 0. The van der Waals surface area contributed by atoms with Gasteiger partial charge in [0.15, 0.2) is 0 Å². The van der Waals surface area contributed by atoms with E-state index in [9.17, 15) is 0 Å². The molecule has 0 bridgehead atoms. The largest absolute Gasteiger partial charge is 0.478 e. The van der Waals surface area contributed by atoms with Gasteiger partial charge in [-0.2, -0.15) is 0 Å². The fourth-order valence-corrected chi connectivity index (χ4v) is 0.102. The fraction of sp³-hybridized carbons (Fsp3) is 0.667. The Bertz CT molecular complexity index is 18.3. The van der Waals surface area contributed by atoms with Gasteiger partial charge >= 0.3 is 0 Å². The molecule has 0 radical (unpaired) electrons. The second kappa shape index (κ2) is 9.07. The summed E-state index contributed by atoms with van der Waals surface area (Å²) >= 11 is 0. The summed E-state index contributed by atoms with van der Waals surface area (Å²) in [5.74, 6) is 0. The Morgan fingerprint density at radius 2 is 2.33 bits per heavy atom. The Labute approximate surface area is 32.1 Å². The van der Waals surface area contributed by atoms with E-state index in [1.807, 2.05) is 6.92 Å². The predicted molar refractivity (Wildman–Crippen MR) is 20.1 cm³/mol. The first-order chi connectivity index (χ1) is 2.41. The van der Waals surface area contributed by atoms with E-state index in [2.05, 4.69) is 17.4 Å². The van der Waals surface area contributed by atoms with Crippen molar-refractivity contribution in [1.29, 1.82) is 0 Å². The van der Waals surface area contributed by atoms with Crippen molar-refractivity contribution in [2.45, 2.75) is 6.92 Å². The van der Waals surface area contributed by atoms with E-state index in [0.717, 1.165) is 6.54 Å². The van der Waals surface area contributed by atoms with Crippen LogP contribution in [0.25, 0.3) is 0 Å². The third-order valence-electron chi connectivity index (χ3n) is 0.246. The average Bonchev–Trinajstić information content (AvgIpc) is 1.41. The van der Waals surface area contributed by atoms with Crippen LogP contribution >= 0.6 is 0 Å². The van der Waals surface area contributed by atoms with E-state index in [1.54, 1.807) is 0 Å². The molecule has 0 aromatic carbocycles. The molecule has 0 amide bonds. The fourth-order valence-electron chi connectivity index (χ4n) is 0.102. The van der Waals surface area contributed by atoms with Crippen LogP contribution in [0.4, 0.5) is 0 Å². The molecule has 0 heterocycles. The summed E-state index contributed by atoms with van der Waals surface area (Å²) in [5, 5.41) is 0. The van der Waals surface area contributed by atoms with Crippen LogP contribution in [-0.4, -0.2) is 6.54 Å². The zero-order chi connectivity index (χ0) is 4.12. The molecule has 0 aliphatic rings. The van der Waals surface area contributed by atoms with Crippen molar-refractivity contribution >= 4 is 0 Å². The minimum absolute atomic E-state index is 0. The molecular weight excluding hydrogens is 333 g/mol. The van der Waals surface area contributed by atoms with Crippen molar-refractivity contribution < 1.29 is 4.84 Å². The minimum atomic E-state index is 0. The summed E-state index contributed by atoms with van der Waals surface area (Å²) in [4.78, 5) is 4.19. The first-order valence-electron chi connectivity index (χ1n) is 1.55. The van der Waals surface area contributed by atoms with Crippen LogP contribution in [0.15, 0.2) is 0 Å². The van der Waals surface area contributed by atoms with Crippen LogP contribution in [-0.2, 0) is 4.84 Å². The van der Waals surface area contributed by atoms with Gasteiger partial charge in [-0.1, -0.05) is 6.92 Å². The molecule has 0 aromatic rings. The van der Waals surface area contributed by atoms with Crippen LogP contribution in [0.1, 0.15) is 6.92 Å². The first kappa shape index (κ1) is 8.87. The minimum Gasteiger partial charge on any atom is -0.478 e. The quantitative estimate of drug-likeness (QED) is 0.577. The van der Waals surface area contributed by atoms with Gasteiger partial charge in [0, 0.05) is 6.54 Å². The third kappa shape index (κ3) is 12.7. The molecule has 0 atom stereocenters. The van der Waals surface area contributed by atoms with Crippen LogP contribution in [0.3, 0.4) is 0 Å². The summed E-state index contributed by atoms with van der Waals surface area (Å²) in [5.41, 5.74) is 2.50. The van der Waals surface area contributed by atoms with Gasteiger partial charge in [-0.3, -0.25) is 0 Å². The maximum Gasteiger partial charge on any atom is 0.0149 e. The predicted octanol–water partition coefficient (Wildman–Crippen LogP) is 0.319. The smallest absolute Gasteiger partial charge is 0.0149 e. The normalized spacial score (nSPS) is 7.00. The molecule has 0 fully saturated rings. The van der Waals surface area contributed by atoms with E-state index < -0.39 is 0 Å². The number of hydrogen-bond acceptors (Lipinski definition) is 2. The van der Waals surface area contributed by atoms with Crippen molar-refractivity contribution in [3.63, 3.8) is 0 Å². The second-order valence-electron chi connectivity index (χ2n) is 0.642. The number of nitrogens with one attached hydrogen (secondary N) is 1. The first-order valence-corrected chi connectivity index (χ1v) is 1.55. The van der Waals surface area contributed by atoms with Gasteiger partial charge in [0.1, 0.15) is 0 Å². The Hall–Kier alpha value is -1.08. The molecule has 0 aliphatic heterocycles. The Morgan fingerprint density at radius 3 is 2.33 bits per heavy atom. The van der Waals surface area contributed by atoms with Crippen LogP contribution in [0, 0.1) is 7.11 Å². The molecule has 0 unspecified atom stereocenters. The van der Waals surface area contributed by atoms with Gasteiger partial charge in [0.25, 0.3) is 0 Å². The van der Waals surface area contributed by atoms with Gasteiger partial charge in [0.2, 0.25) is 0 Å². The number of hydrogen-bond donors (Lipinski definition) is 1. The summed E-state index contributed by atoms with van der Waals surface area (Å²) < 4.78 is 0. The molecule has 6 heavy (non-hydrogen) atoms. The Kier molecular flexibility index (Phi) is 13.4. The van der Waals surface area contributed by atoms with Crippen LogP contribution < -0.4 is 5.48 Å². The van der Waals surface area contributed by atoms with Gasteiger partial charge in [0.05, 0.1) is 0 Å². The summed E-state index contributed by atoms with van der Waals surface area (Å²) in [7, 11) is 3.06. The molecule has 0 spiro atoms. The molecule has 0 saturated heterocycles. The summed E-state index contributed by atoms with van der Waals surface area (Å²) in [6.45, 7) is 2.74.